The summed E-state index contributed by atoms with van der Waals surface area (Å²) in [6.07, 6.45) is 0.514. The minimum Gasteiger partial charge on any atom is -0.364 e. The lowest BCUT2D eigenvalue weighted by Crippen LogP contribution is -2.62. The average molecular weight is 268 g/mol. The molecular formula is C16H20N4. The Kier molecular flexibility index (Phi) is 3.97. The number of anilines is 1. The number of benzene rings is 1. The molecule has 0 N–H and O–H groups in total. The first-order valence-electron chi connectivity index (χ1n) is 6.83. The highest BCUT2D eigenvalue weighted by molar-refractivity contribution is 5.51. The Labute approximate surface area is 120 Å². The lowest BCUT2D eigenvalue weighted by molar-refractivity contribution is 0.115. The minimum absolute atomic E-state index is 0.0693. The van der Waals surface area contributed by atoms with Gasteiger partial charge in [-0.1, -0.05) is 0 Å². The number of piperazine rings is 1. The molecule has 1 aromatic carbocycles. The molecule has 1 heterocycles. The summed E-state index contributed by atoms with van der Waals surface area (Å²) in [7, 11) is 2.11. The number of hydrogen-bond acceptors (Lipinski definition) is 4. The van der Waals surface area contributed by atoms with Gasteiger partial charge in [-0.05, 0) is 45.2 Å². The van der Waals surface area contributed by atoms with Crippen LogP contribution in [0.25, 0.3) is 0 Å². The third kappa shape index (κ3) is 2.76. The minimum atomic E-state index is 0.0693. The third-order valence-corrected chi connectivity index (χ3v) is 4.17. The third-order valence-electron chi connectivity index (χ3n) is 4.17. The summed E-state index contributed by atoms with van der Waals surface area (Å²) < 4.78 is 0. The molecule has 4 heteroatoms. The largest absolute Gasteiger partial charge is 0.364 e. The van der Waals surface area contributed by atoms with E-state index in [4.69, 9.17) is 10.5 Å². The van der Waals surface area contributed by atoms with Gasteiger partial charge in [-0.2, -0.15) is 10.5 Å². The van der Waals surface area contributed by atoms with Gasteiger partial charge in [0, 0.05) is 24.3 Å². The zero-order chi connectivity index (χ0) is 14.8. The highest BCUT2D eigenvalue weighted by Gasteiger charge is 2.36. The van der Waals surface area contributed by atoms with Crippen LogP contribution in [0.15, 0.2) is 24.3 Å². The van der Waals surface area contributed by atoms with Crippen molar-refractivity contribution in [3.05, 3.63) is 29.8 Å². The molecule has 104 valence electrons. The quantitative estimate of drug-likeness (QED) is 0.826. The molecule has 1 fully saturated rings. The maximum absolute atomic E-state index is 9.04. The molecular weight excluding hydrogens is 248 g/mol. The molecule has 1 unspecified atom stereocenters. The smallest absolute Gasteiger partial charge is 0.0991 e. The van der Waals surface area contributed by atoms with E-state index in [9.17, 15) is 0 Å². The first-order valence-corrected chi connectivity index (χ1v) is 6.83. The van der Waals surface area contributed by atoms with Crippen molar-refractivity contribution in [2.75, 3.05) is 25.0 Å². The van der Waals surface area contributed by atoms with Gasteiger partial charge in [-0.3, -0.25) is 4.90 Å². The van der Waals surface area contributed by atoms with Gasteiger partial charge in [0.05, 0.1) is 30.2 Å². The second-order valence-corrected chi connectivity index (χ2v) is 6.00. The summed E-state index contributed by atoms with van der Waals surface area (Å²) in [5.41, 5.74) is 1.82. The van der Waals surface area contributed by atoms with Gasteiger partial charge in [-0.15, -0.1) is 0 Å². The zero-order valence-corrected chi connectivity index (χ0v) is 12.3. The van der Waals surface area contributed by atoms with Crippen molar-refractivity contribution in [3.63, 3.8) is 0 Å². The highest BCUT2D eigenvalue weighted by atomic mass is 15.3. The van der Waals surface area contributed by atoms with Crippen molar-refractivity contribution < 1.29 is 0 Å². The van der Waals surface area contributed by atoms with Crippen molar-refractivity contribution in [3.8, 4) is 12.1 Å². The maximum Gasteiger partial charge on any atom is 0.0991 e. The Morgan fingerprint density at radius 3 is 2.45 bits per heavy atom. The van der Waals surface area contributed by atoms with Crippen molar-refractivity contribution in [2.45, 2.75) is 31.8 Å². The topological polar surface area (TPSA) is 54.1 Å². The molecule has 0 saturated carbocycles. The lowest BCUT2D eigenvalue weighted by Gasteiger charge is -2.50. The van der Waals surface area contributed by atoms with Crippen LogP contribution in [0.4, 0.5) is 5.69 Å². The second-order valence-electron chi connectivity index (χ2n) is 6.00. The van der Waals surface area contributed by atoms with E-state index in [1.54, 1.807) is 0 Å². The summed E-state index contributed by atoms with van der Waals surface area (Å²) in [5.74, 6) is 0. The van der Waals surface area contributed by atoms with Gasteiger partial charge in [0.2, 0.25) is 0 Å². The van der Waals surface area contributed by atoms with Crippen molar-refractivity contribution in [1.29, 1.82) is 10.5 Å². The molecule has 20 heavy (non-hydrogen) atoms. The molecule has 0 bridgehead atoms. The first kappa shape index (κ1) is 14.4. The van der Waals surface area contributed by atoms with Gasteiger partial charge < -0.3 is 4.90 Å². The van der Waals surface area contributed by atoms with Crippen molar-refractivity contribution in [2.24, 2.45) is 0 Å². The number of nitrogens with zero attached hydrogens (tertiary/aromatic N) is 4. The van der Waals surface area contributed by atoms with Crippen LogP contribution < -0.4 is 4.90 Å². The molecule has 0 amide bonds. The fraction of sp³-hybridized carbons (Fsp3) is 0.500. The highest BCUT2D eigenvalue weighted by Crippen LogP contribution is 2.29. The molecule has 0 aromatic heterocycles. The molecule has 0 spiro atoms. The summed E-state index contributed by atoms with van der Waals surface area (Å²) in [5, 5.41) is 17.9. The van der Waals surface area contributed by atoms with Crippen LogP contribution in [0.5, 0.6) is 0 Å². The van der Waals surface area contributed by atoms with Gasteiger partial charge in [-0.25, -0.2) is 0 Å². The average Bonchev–Trinajstić information content (AvgIpc) is 2.43. The number of nitriles is 2. The molecule has 1 aliphatic heterocycles. The normalized spacial score (nSPS) is 22.1. The standard InChI is InChI=1S/C16H20N4/c1-16(2)12-20(15(8-9-17)11-19(16)3)14-6-4-13(10-18)5-7-14/h4-7,15H,8,11-12H2,1-3H3. The van der Waals surface area contributed by atoms with E-state index >= 15 is 0 Å². The predicted octanol–water partition coefficient (Wildman–Crippen LogP) is 2.37. The SMILES string of the molecule is CN1CC(CC#N)N(c2ccc(C#N)cc2)CC1(C)C. The number of likely N-dealkylation sites (N-methyl/N-ethyl adjacent to an activating group) is 1. The van der Waals surface area contributed by atoms with Gasteiger partial charge in [0.25, 0.3) is 0 Å². The Hall–Kier alpha value is -2.04. The Balaban J connectivity index is 2.29. The number of rotatable bonds is 2. The van der Waals surface area contributed by atoms with Crippen LogP contribution in [-0.4, -0.2) is 36.6 Å². The monoisotopic (exact) mass is 268 g/mol. The van der Waals surface area contributed by atoms with E-state index < -0.39 is 0 Å². The fourth-order valence-electron chi connectivity index (χ4n) is 2.64. The van der Waals surface area contributed by atoms with Crippen molar-refractivity contribution >= 4 is 5.69 Å². The molecule has 1 aliphatic rings. The van der Waals surface area contributed by atoms with Crippen molar-refractivity contribution in [1.82, 2.24) is 4.90 Å². The molecule has 1 atom stereocenters. The molecule has 2 rings (SSSR count). The summed E-state index contributed by atoms with van der Waals surface area (Å²) in [6.45, 7) is 6.18. The zero-order valence-electron chi connectivity index (χ0n) is 12.3. The molecule has 4 nitrogen and oxygen atoms in total. The summed E-state index contributed by atoms with van der Waals surface area (Å²) >= 11 is 0. The Morgan fingerprint density at radius 2 is 1.90 bits per heavy atom. The van der Waals surface area contributed by atoms with Gasteiger partial charge >= 0.3 is 0 Å². The van der Waals surface area contributed by atoms with Crippen LogP contribution in [0.3, 0.4) is 0 Å². The van der Waals surface area contributed by atoms with Gasteiger partial charge in [0.15, 0.2) is 0 Å². The van der Waals surface area contributed by atoms with Crippen LogP contribution in [0, 0.1) is 22.7 Å². The molecule has 0 aliphatic carbocycles. The van der Waals surface area contributed by atoms with Crippen LogP contribution in [0.2, 0.25) is 0 Å². The van der Waals surface area contributed by atoms with E-state index in [2.05, 4.69) is 42.8 Å². The first-order chi connectivity index (χ1) is 9.47. The van der Waals surface area contributed by atoms with E-state index in [1.165, 1.54) is 0 Å². The van der Waals surface area contributed by atoms with Crippen LogP contribution in [0.1, 0.15) is 25.8 Å². The molecule has 1 saturated heterocycles. The Morgan fingerprint density at radius 1 is 1.25 bits per heavy atom. The number of hydrogen-bond donors (Lipinski definition) is 0. The van der Waals surface area contributed by atoms with Crippen LogP contribution in [-0.2, 0) is 0 Å². The van der Waals surface area contributed by atoms with E-state index in [0.717, 1.165) is 18.8 Å². The second kappa shape index (κ2) is 5.53. The Bertz CT molecular complexity index is 547. The van der Waals surface area contributed by atoms with E-state index in [-0.39, 0.29) is 11.6 Å². The molecule has 1 aromatic rings. The maximum atomic E-state index is 9.04. The predicted molar refractivity (Wildman–Crippen MR) is 79.2 cm³/mol. The lowest BCUT2D eigenvalue weighted by atomic mass is 9.94. The van der Waals surface area contributed by atoms with E-state index in [0.29, 0.717) is 12.0 Å². The summed E-state index contributed by atoms with van der Waals surface area (Å²) in [6, 6.07) is 12.3. The van der Waals surface area contributed by atoms with Gasteiger partial charge in [0.1, 0.15) is 0 Å². The molecule has 0 radical (unpaired) electrons. The fourth-order valence-corrected chi connectivity index (χ4v) is 2.64. The summed E-state index contributed by atoms with van der Waals surface area (Å²) in [4.78, 5) is 4.61. The van der Waals surface area contributed by atoms with E-state index in [1.807, 2.05) is 24.3 Å². The van der Waals surface area contributed by atoms with Crippen LogP contribution >= 0.6 is 0 Å².